The van der Waals surface area contributed by atoms with Crippen LogP contribution in [0, 0.1) is 10.1 Å². The molecule has 2 amide bonds. The summed E-state index contributed by atoms with van der Waals surface area (Å²) >= 11 is 0. The van der Waals surface area contributed by atoms with Crippen LogP contribution in [0.1, 0.15) is 17.3 Å². The number of hydrogen-bond donors (Lipinski definition) is 3. The number of carbonyl (C=O) groups excluding carboxylic acids is 2. The van der Waals surface area contributed by atoms with E-state index >= 15 is 0 Å². The second-order valence-electron chi connectivity index (χ2n) is 5.66. The largest absolute Gasteiger partial charge is 0.495 e. The smallest absolute Gasteiger partial charge is 0.271 e. The number of ether oxygens (including phenoxy) is 1. The lowest BCUT2D eigenvalue weighted by Crippen LogP contribution is -2.32. The lowest BCUT2D eigenvalue weighted by Gasteiger charge is -2.17. The fourth-order valence-electron chi connectivity index (χ4n) is 2.36. The van der Waals surface area contributed by atoms with Crippen molar-refractivity contribution in [3.8, 4) is 5.75 Å². The number of nitrogens with one attached hydrogen (secondary N) is 3. The lowest BCUT2D eigenvalue weighted by molar-refractivity contribution is -0.384. The summed E-state index contributed by atoms with van der Waals surface area (Å²) in [5.74, 6) is -0.348. The molecule has 27 heavy (non-hydrogen) atoms. The highest BCUT2D eigenvalue weighted by Crippen LogP contribution is 2.29. The van der Waals surface area contributed by atoms with E-state index in [0.29, 0.717) is 17.0 Å². The number of nitro benzene ring substituents is 1. The minimum atomic E-state index is -0.672. The van der Waals surface area contributed by atoms with Gasteiger partial charge in [0.15, 0.2) is 0 Å². The standard InChI is InChI=1S/C18H20N4O5/c1-11(20-13-6-4-5-12(9-13)18(24)19-2)17(23)21-15-10-14(22(25)26)7-8-16(15)27-3/h4-11,20H,1-3H3,(H,19,24)(H,21,23). The highest BCUT2D eigenvalue weighted by Gasteiger charge is 2.18. The second kappa shape index (κ2) is 8.65. The highest BCUT2D eigenvalue weighted by molar-refractivity contribution is 5.98. The monoisotopic (exact) mass is 372 g/mol. The summed E-state index contributed by atoms with van der Waals surface area (Å²) in [5, 5.41) is 19.1. The first-order valence-corrected chi connectivity index (χ1v) is 8.07. The van der Waals surface area contributed by atoms with E-state index in [0.717, 1.165) is 0 Å². The number of nitro groups is 1. The number of hydrogen-bond acceptors (Lipinski definition) is 6. The molecule has 0 bridgehead atoms. The molecule has 0 spiro atoms. The zero-order chi connectivity index (χ0) is 20.0. The van der Waals surface area contributed by atoms with Crippen LogP contribution in [-0.2, 0) is 4.79 Å². The van der Waals surface area contributed by atoms with Crippen molar-refractivity contribution in [2.75, 3.05) is 24.8 Å². The SMILES string of the molecule is CNC(=O)c1cccc(NC(C)C(=O)Nc2cc([N+](=O)[O-])ccc2OC)c1. The van der Waals surface area contributed by atoms with Gasteiger partial charge in [-0.05, 0) is 31.2 Å². The first-order chi connectivity index (χ1) is 12.8. The van der Waals surface area contributed by atoms with Crippen molar-refractivity contribution in [1.82, 2.24) is 5.32 Å². The van der Waals surface area contributed by atoms with Crippen molar-refractivity contribution < 1.29 is 19.2 Å². The summed E-state index contributed by atoms with van der Waals surface area (Å²) in [4.78, 5) is 34.5. The molecule has 0 aliphatic carbocycles. The van der Waals surface area contributed by atoms with Gasteiger partial charge in [-0.2, -0.15) is 0 Å². The van der Waals surface area contributed by atoms with E-state index in [2.05, 4.69) is 16.0 Å². The van der Waals surface area contributed by atoms with Crippen molar-refractivity contribution in [3.63, 3.8) is 0 Å². The van der Waals surface area contributed by atoms with Crippen LogP contribution in [-0.4, -0.2) is 36.9 Å². The fourth-order valence-corrected chi connectivity index (χ4v) is 2.36. The maximum atomic E-state index is 12.5. The Morgan fingerprint density at radius 3 is 2.56 bits per heavy atom. The summed E-state index contributed by atoms with van der Waals surface area (Å²) in [5.41, 5.74) is 1.08. The molecule has 9 heteroatoms. The number of nitrogens with zero attached hydrogens (tertiary/aromatic N) is 1. The number of anilines is 2. The van der Waals surface area contributed by atoms with Crippen LogP contribution in [0.2, 0.25) is 0 Å². The first-order valence-electron chi connectivity index (χ1n) is 8.07. The third-order valence-corrected chi connectivity index (χ3v) is 3.78. The van der Waals surface area contributed by atoms with E-state index in [1.54, 1.807) is 31.2 Å². The van der Waals surface area contributed by atoms with Crippen LogP contribution in [0.15, 0.2) is 42.5 Å². The van der Waals surface area contributed by atoms with Gasteiger partial charge in [-0.25, -0.2) is 0 Å². The maximum absolute atomic E-state index is 12.5. The Bertz CT molecular complexity index is 869. The van der Waals surface area contributed by atoms with Gasteiger partial charge in [-0.15, -0.1) is 0 Å². The normalized spacial score (nSPS) is 11.2. The third-order valence-electron chi connectivity index (χ3n) is 3.78. The van der Waals surface area contributed by atoms with Gasteiger partial charge >= 0.3 is 0 Å². The lowest BCUT2D eigenvalue weighted by atomic mass is 10.1. The molecule has 0 fully saturated rings. The molecule has 0 aliphatic heterocycles. The Kier molecular flexibility index (Phi) is 6.32. The molecule has 0 saturated heterocycles. The molecule has 1 atom stereocenters. The van der Waals surface area contributed by atoms with Gasteiger partial charge in [0.2, 0.25) is 5.91 Å². The van der Waals surface area contributed by atoms with Gasteiger partial charge in [0.1, 0.15) is 11.8 Å². The Morgan fingerprint density at radius 2 is 1.93 bits per heavy atom. The number of carbonyl (C=O) groups is 2. The van der Waals surface area contributed by atoms with Crippen LogP contribution >= 0.6 is 0 Å². The average Bonchev–Trinajstić information content (AvgIpc) is 2.67. The second-order valence-corrected chi connectivity index (χ2v) is 5.66. The Hall–Kier alpha value is -3.62. The van der Waals surface area contributed by atoms with E-state index in [1.165, 1.54) is 32.4 Å². The molecule has 1 unspecified atom stereocenters. The fraction of sp³-hybridized carbons (Fsp3) is 0.222. The molecule has 3 N–H and O–H groups in total. The van der Waals surface area contributed by atoms with Crippen molar-refractivity contribution in [3.05, 3.63) is 58.1 Å². The van der Waals surface area contributed by atoms with Crippen LogP contribution < -0.4 is 20.7 Å². The Labute approximate surface area is 155 Å². The van der Waals surface area contributed by atoms with E-state index in [4.69, 9.17) is 4.74 Å². The number of methoxy groups -OCH3 is 1. The molecule has 2 aromatic carbocycles. The average molecular weight is 372 g/mol. The highest BCUT2D eigenvalue weighted by atomic mass is 16.6. The molecule has 2 rings (SSSR count). The summed E-state index contributed by atoms with van der Waals surface area (Å²) in [6.45, 7) is 1.63. The molecule has 0 saturated carbocycles. The quantitative estimate of drug-likeness (QED) is 0.507. The van der Waals surface area contributed by atoms with Crippen molar-refractivity contribution >= 4 is 28.9 Å². The van der Waals surface area contributed by atoms with Gasteiger partial charge in [0.25, 0.3) is 11.6 Å². The van der Waals surface area contributed by atoms with E-state index in [1.807, 2.05) is 0 Å². The van der Waals surface area contributed by atoms with E-state index in [9.17, 15) is 19.7 Å². The van der Waals surface area contributed by atoms with Crippen LogP contribution in [0.5, 0.6) is 5.75 Å². The minimum absolute atomic E-state index is 0.162. The van der Waals surface area contributed by atoms with Gasteiger partial charge in [0, 0.05) is 30.4 Å². The summed E-state index contributed by atoms with van der Waals surface area (Å²) < 4.78 is 5.13. The summed E-state index contributed by atoms with van der Waals surface area (Å²) in [7, 11) is 2.94. The predicted octanol–water partition coefficient (Wildman–Crippen LogP) is 2.40. The minimum Gasteiger partial charge on any atom is -0.495 e. The Morgan fingerprint density at radius 1 is 1.19 bits per heavy atom. The summed E-state index contributed by atoms with van der Waals surface area (Å²) in [6, 6.07) is 9.97. The van der Waals surface area contributed by atoms with Crippen molar-refractivity contribution in [2.45, 2.75) is 13.0 Å². The molecule has 0 aliphatic rings. The number of benzene rings is 2. The predicted molar refractivity (Wildman–Crippen MR) is 101 cm³/mol. The zero-order valence-electron chi connectivity index (χ0n) is 15.1. The number of rotatable bonds is 7. The molecular weight excluding hydrogens is 352 g/mol. The Balaban J connectivity index is 2.13. The molecule has 142 valence electrons. The first kappa shape index (κ1) is 19.7. The van der Waals surface area contributed by atoms with Crippen molar-refractivity contribution in [1.29, 1.82) is 0 Å². The molecule has 9 nitrogen and oxygen atoms in total. The van der Waals surface area contributed by atoms with Crippen LogP contribution in [0.3, 0.4) is 0 Å². The van der Waals surface area contributed by atoms with Gasteiger partial charge < -0.3 is 20.7 Å². The van der Waals surface area contributed by atoms with Gasteiger partial charge in [0.05, 0.1) is 17.7 Å². The topological polar surface area (TPSA) is 123 Å². The zero-order valence-corrected chi connectivity index (χ0v) is 15.1. The summed E-state index contributed by atoms with van der Waals surface area (Å²) in [6.07, 6.45) is 0. The van der Waals surface area contributed by atoms with Gasteiger partial charge in [-0.1, -0.05) is 6.07 Å². The number of non-ortho nitro benzene ring substituents is 1. The molecule has 0 aromatic heterocycles. The van der Waals surface area contributed by atoms with Crippen LogP contribution in [0.25, 0.3) is 0 Å². The molecule has 0 radical (unpaired) electrons. The van der Waals surface area contributed by atoms with E-state index < -0.39 is 16.9 Å². The van der Waals surface area contributed by atoms with Crippen molar-refractivity contribution in [2.24, 2.45) is 0 Å². The maximum Gasteiger partial charge on any atom is 0.271 e. The third kappa shape index (κ3) is 4.94. The molecule has 0 heterocycles. The van der Waals surface area contributed by atoms with E-state index in [-0.39, 0.29) is 17.3 Å². The van der Waals surface area contributed by atoms with Gasteiger partial charge in [-0.3, -0.25) is 19.7 Å². The molecular formula is C18H20N4O5. The number of amides is 2. The van der Waals surface area contributed by atoms with Crippen LogP contribution in [0.4, 0.5) is 17.1 Å². The molecule has 2 aromatic rings.